The largest absolute Gasteiger partial charge is 0.468 e. The zero-order chi connectivity index (χ0) is 14.4. The lowest BCUT2D eigenvalue weighted by atomic mass is 10.0. The van der Waals surface area contributed by atoms with Crippen LogP contribution < -0.4 is 5.32 Å². The van der Waals surface area contributed by atoms with Crippen LogP contribution in [0.5, 0.6) is 0 Å². The first-order valence-corrected chi connectivity index (χ1v) is 6.57. The van der Waals surface area contributed by atoms with Gasteiger partial charge in [0.15, 0.2) is 0 Å². The van der Waals surface area contributed by atoms with Gasteiger partial charge in [0, 0.05) is 17.1 Å². The molecule has 1 rings (SSSR count). The highest BCUT2D eigenvalue weighted by molar-refractivity contribution is 6.30. The van der Waals surface area contributed by atoms with Crippen molar-refractivity contribution in [3.63, 3.8) is 0 Å². The first kappa shape index (κ1) is 15.9. The lowest BCUT2D eigenvalue weighted by Crippen LogP contribution is -2.38. The fourth-order valence-electron chi connectivity index (χ4n) is 1.79. The van der Waals surface area contributed by atoms with Crippen LogP contribution in [0, 0.1) is 11.7 Å². The molecule has 0 amide bonds. The van der Waals surface area contributed by atoms with Crippen LogP contribution in [0.25, 0.3) is 0 Å². The summed E-state index contributed by atoms with van der Waals surface area (Å²) in [5.74, 6) is -0.345. The molecule has 0 aliphatic carbocycles. The minimum absolute atomic E-state index is 0.235. The van der Waals surface area contributed by atoms with E-state index in [9.17, 15) is 9.18 Å². The van der Waals surface area contributed by atoms with E-state index in [1.807, 2.05) is 13.8 Å². The van der Waals surface area contributed by atoms with Crippen LogP contribution in [0.4, 0.5) is 4.39 Å². The van der Waals surface area contributed by atoms with E-state index in [4.69, 9.17) is 16.3 Å². The van der Waals surface area contributed by atoms with E-state index in [0.29, 0.717) is 22.9 Å². The summed E-state index contributed by atoms with van der Waals surface area (Å²) in [4.78, 5) is 11.6. The Morgan fingerprint density at radius 1 is 1.47 bits per heavy atom. The zero-order valence-corrected chi connectivity index (χ0v) is 12.1. The monoisotopic (exact) mass is 287 g/mol. The van der Waals surface area contributed by atoms with E-state index in [2.05, 4.69) is 5.32 Å². The average Bonchev–Trinajstić information content (AvgIpc) is 2.36. The zero-order valence-electron chi connectivity index (χ0n) is 11.4. The molecule has 1 aromatic carbocycles. The third-order valence-corrected chi connectivity index (χ3v) is 2.97. The van der Waals surface area contributed by atoms with Crippen molar-refractivity contribution in [1.29, 1.82) is 0 Å². The molecule has 0 bridgehead atoms. The molecule has 0 fully saturated rings. The molecule has 1 unspecified atom stereocenters. The van der Waals surface area contributed by atoms with Crippen molar-refractivity contribution >= 4 is 17.6 Å². The summed E-state index contributed by atoms with van der Waals surface area (Å²) in [5, 5.41) is 3.48. The summed E-state index contributed by atoms with van der Waals surface area (Å²) in [7, 11) is 1.34. The van der Waals surface area contributed by atoms with E-state index in [1.165, 1.54) is 19.2 Å². The van der Waals surface area contributed by atoms with Gasteiger partial charge in [-0.1, -0.05) is 25.4 Å². The number of benzene rings is 1. The van der Waals surface area contributed by atoms with Crippen LogP contribution in [0.15, 0.2) is 18.2 Å². The maximum atomic E-state index is 13.6. The Hall–Kier alpha value is -1.13. The lowest BCUT2D eigenvalue weighted by Gasteiger charge is -2.18. The summed E-state index contributed by atoms with van der Waals surface area (Å²) in [6.45, 7) is 4.26. The Balaban J connectivity index is 2.70. The van der Waals surface area contributed by atoms with Crippen molar-refractivity contribution in [3.05, 3.63) is 34.6 Å². The second-order valence-electron chi connectivity index (χ2n) is 4.82. The van der Waals surface area contributed by atoms with Gasteiger partial charge in [0.05, 0.1) is 7.11 Å². The molecule has 0 aliphatic heterocycles. The van der Waals surface area contributed by atoms with Gasteiger partial charge < -0.3 is 10.1 Å². The fourth-order valence-corrected chi connectivity index (χ4v) is 1.98. The number of hydrogen-bond acceptors (Lipinski definition) is 3. The Bertz CT molecular complexity index is 437. The number of ether oxygens (including phenoxy) is 1. The maximum Gasteiger partial charge on any atom is 0.322 e. The fraction of sp³-hybridized carbons (Fsp3) is 0.500. The van der Waals surface area contributed by atoms with Crippen molar-refractivity contribution in [2.75, 3.05) is 7.11 Å². The molecular formula is C14H19ClFNO2. The van der Waals surface area contributed by atoms with Gasteiger partial charge in [0.25, 0.3) is 0 Å². The van der Waals surface area contributed by atoms with E-state index < -0.39 is 6.04 Å². The van der Waals surface area contributed by atoms with Gasteiger partial charge in [-0.3, -0.25) is 4.79 Å². The molecule has 0 saturated carbocycles. The highest BCUT2D eigenvalue weighted by Gasteiger charge is 2.20. The number of rotatable bonds is 6. The molecule has 0 aliphatic rings. The van der Waals surface area contributed by atoms with Crippen molar-refractivity contribution in [1.82, 2.24) is 5.32 Å². The van der Waals surface area contributed by atoms with E-state index in [-0.39, 0.29) is 18.3 Å². The summed E-state index contributed by atoms with van der Waals surface area (Å²) < 4.78 is 18.3. The second kappa shape index (κ2) is 7.46. The van der Waals surface area contributed by atoms with Crippen molar-refractivity contribution < 1.29 is 13.9 Å². The molecule has 0 aromatic heterocycles. The van der Waals surface area contributed by atoms with Crippen LogP contribution in [0.2, 0.25) is 5.02 Å². The van der Waals surface area contributed by atoms with Gasteiger partial charge >= 0.3 is 5.97 Å². The van der Waals surface area contributed by atoms with Crippen LogP contribution in [-0.4, -0.2) is 19.1 Å². The maximum absolute atomic E-state index is 13.6. The first-order chi connectivity index (χ1) is 8.93. The SMILES string of the molecule is COC(=O)C(CC(C)C)NCc1cc(Cl)ccc1F. The molecule has 3 nitrogen and oxygen atoms in total. The standard InChI is InChI=1S/C14H19ClFNO2/c1-9(2)6-13(14(18)19-3)17-8-10-7-11(15)4-5-12(10)16/h4-5,7,9,13,17H,6,8H2,1-3H3. The van der Waals surface area contributed by atoms with E-state index in [1.54, 1.807) is 6.07 Å². The Morgan fingerprint density at radius 2 is 2.16 bits per heavy atom. The van der Waals surface area contributed by atoms with E-state index >= 15 is 0 Å². The van der Waals surface area contributed by atoms with E-state index in [0.717, 1.165) is 0 Å². The minimum atomic E-state index is -0.441. The molecule has 0 spiro atoms. The predicted molar refractivity (Wildman–Crippen MR) is 73.5 cm³/mol. The number of methoxy groups -OCH3 is 1. The summed E-state index contributed by atoms with van der Waals surface area (Å²) in [5.41, 5.74) is 0.435. The van der Waals surface area contributed by atoms with Gasteiger partial charge in [-0.05, 0) is 30.5 Å². The van der Waals surface area contributed by atoms with Crippen LogP contribution in [0.1, 0.15) is 25.8 Å². The van der Waals surface area contributed by atoms with Gasteiger partial charge in [0.2, 0.25) is 0 Å². The second-order valence-corrected chi connectivity index (χ2v) is 5.26. The number of esters is 1. The van der Waals surface area contributed by atoms with Gasteiger partial charge in [-0.15, -0.1) is 0 Å². The van der Waals surface area contributed by atoms with Gasteiger partial charge in [0.1, 0.15) is 11.9 Å². The van der Waals surface area contributed by atoms with Crippen LogP contribution >= 0.6 is 11.6 Å². The summed E-state index contributed by atoms with van der Waals surface area (Å²) >= 11 is 5.82. The molecule has 0 heterocycles. The number of hydrogen-bond donors (Lipinski definition) is 1. The summed E-state index contributed by atoms with van der Waals surface area (Å²) in [6.07, 6.45) is 0.634. The molecule has 1 aromatic rings. The third-order valence-electron chi connectivity index (χ3n) is 2.74. The number of nitrogens with one attached hydrogen (secondary N) is 1. The average molecular weight is 288 g/mol. The van der Waals surface area contributed by atoms with Gasteiger partial charge in [-0.25, -0.2) is 4.39 Å². The molecule has 19 heavy (non-hydrogen) atoms. The molecule has 106 valence electrons. The normalized spacial score (nSPS) is 12.5. The third kappa shape index (κ3) is 5.17. The Labute approximate surface area is 118 Å². The number of carbonyl (C=O) groups excluding carboxylic acids is 1. The lowest BCUT2D eigenvalue weighted by molar-refractivity contribution is -0.143. The number of carbonyl (C=O) groups is 1. The topological polar surface area (TPSA) is 38.3 Å². The Kier molecular flexibility index (Phi) is 6.25. The molecule has 5 heteroatoms. The quantitative estimate of drug-likeness (QED) is 0.817. The molecule has 1 N–H and O–H groups in total. The molecule has 0 saturated heterocycles. The highest BCUT2D eigenvalue weighted by atomic mass is 35.5. The number of halogens is 2. The van der Waals surface area contributed by atoms with Gasteiger partial charge in [-0.2, -0.15) is 0 Å². The molecule has 1 atom stereocenters. The van der Waals surface area contributed by atoms with Crippen molar-refractivity contribution in [2.24, 2.45) is 5.92 Å². The van der Waals surface area contributed by atoms with Crippen molar-refractivity contribution in [3.8, 4) is 0 Å². The van der Waals surface area contributed by atoms with Crippen molar-refractivity contribution in [2.45, 2.75) is 32.9 Å². The molecular weight excluding hydrogens is 269 g/mol. The van der Waals surface area contributed by atoms with Crippen LogP contribution in [0.3, 0.4) is 0 Å². The first-order valence-electron chi connectivity index (χ1n) is 6.19. The minimum Gasteiger partial charge on any atom is -0.468 e. The predicted octanol–water partition coefficient (Wildman–Crippen LogP) is 3.16. The summed E-state index contributed by atoms with van der Waals surface area (Å²) in [6, 6.07) is 3.91. The van der Waals surface area contributed by atoms with Crippen LogP contribution in [-0.2, 0) is 16.1 Å². The highest BCUT2D eigenvalue weighted by Crippen LogP contribution is 2.15. The Morgan fingerprint density at radius 3 is 2.74 bits per heavy atom. The molecule has 0 radical (unpaired) electrons. The smallest absolute Gasteiger partial charge is 0.322 e.